The van der Waals surface area contributed by atoms with Crippen LogP contribution in [0.5, 0.6) is 5.75 Å². The quantitative estimate of drug-likeness (QED) is 0.679. The van der Waals surface area contributed by atoms with Crippen LogP contribution in [0.2, 0.25) is 5.02 Å². The van der Waals surface area contributed by atoms with Gasteiger partial charge in [-0.2, -0.15) is 8.78 Å². The highest BCUT2D eigenvalue weighted by Gasteiger charge is 2.21. The highest BCUT2D eigenvalue weighted by molar-refractivity contribution is 7.89. The molecule has 0 aromatic heterocycles. The van der Waals surface area contributed by atoms with Gasteiger partial charge in [0.15, 0.2) is 0 Å². The maximum Gasteiger partial charge on any atom is 0.387 e. The number of nitrogens with one attached hydrogen (secondary N) is 1. The van der Waals surface area contributed by atoms with Gasteiger partial charge in [-0.3, -0.25) is 0 Å². The average molecular weight is 332 g/mol. The Morgan fingerprint density at radius 3 is 2.35 bits per heavy atom. The van der Waals surface area contributed by atoms with E-state index in [1.165, 1.54) is 0 Å². The van der Waals surface area contributed by atoms with Gasteiger partial charge in [-0.1, -0.05) is 11.6 Å². The normalized spacial score (nSPS) is 12.2. The van der Waals surface area contributed by atoms with Gasteiger partial charge in [0, 0.05) is 0 Å². The van der Waals surface area contributed by atoms with Crippen LogP contribution < -0.4 is 9.46 Å². The van der Waals surface area contributed by atoms with E-state index in [1.807, 2.05) is 4.72 Å². The van der Waals surface area contributed by atoms with Crippen molar-refractivity contribution >= 4 is 21.6 Å². The molecule has 0 saturated heterocycles. The summed E-state index contributed by atoms with van der Waals surface area (Å²) < 4.78 is 53.9. The first-order valence-electron chi connectivity index (χ1n) is 5.28. The highest BCUT2D eigenvalue weighted by atomic mass is 35.5. The second-order valence-corrected chi connectivity index (χ2v) is 5.78. The molecule has 0 amide bonds. The topological polar surface area (TPSA) is 95.9 Å². The fraction of sp³-hybridized carbons (Fsp3) is 0.400. The van der Waals surface area contributed by atoms with Crippen molar-refractivity contribution in [2.45, 2.75) is 17.5 Å². The molecule has 1 aromatic rings. The van der Waals surface area contributed by atoms with Gasteiger partial charge in [-0.05, 0) is 18.2 Å². The summed E-state index contributed by atoms with van der Waals surface area (Å²) in [7, 11) is -4.05. The van der Waals surface area contributed by atoms with Gasteiger partial charge in [-0.15, -0.1) is 0 Å². The van der Waals surface area contributed by atoms with Crippen molar-refractivity contribution < 1.29 is 32.1 Å². The summed E-state index contributed by atoms with van der Waals surface area (Å²) in [5.74, 6) is -0.360. The van der Waals surface area contributed by atoms with Crippen LogP contribution in [0.1, 0.15) is 0 Å². The highest BCUT2D eigenvalue weighted by Crippen LogP contribution is 2.28. The molecule has 0 saturated carbocycles. The molecule has 6 nitrogen and oxygen atoms in total. The molecular formula is C10H12ClF2NO5S. The smallest absolute Gasteiger partial charge is 0.387 e. The summed E-state index contributed by atoms with van der Waals surface area (Å²) in [4.78, 5) is -0.309. The number of benzene rings is 1. The van der Waals surface area contributed by atoms with E-state index in [2.05, 4.69) is 4.74 Å². The van der Waals surface area contributed by atoms with Crippen LogP contribution in [-0.2, 0) is 10.0 Å². The number of aliphatic hydroxyl groups is 2. The maximum absolute atomic E-state index is 12.0. The van der Waals surface area contributed by atoms with Crippen LogP contribution in [0.4, 0.5) is 8.78 Å². The molecule has 0 atom stereocenters. The van der Waals surface area contributed by atoms with E-state index in [0.717, 1.165) is 18.2 Å². The molecule has 1 aromatic carbocycles. The van der Waals surface area contributed by atoms with Crippen molar-refractivity contribution in [2.75, 3.05) is 13.2 Å². The number of rotatable bonds is 7. The van der Waals surface area contributed by atoms with Gasteiger partial charge in [0.05, 0.1) is 29.2 Å². The van der Waals surface area contributed by atoms with Crippen LogP contribution >= 0.6 is 11.6 Å². The zero-order valence-corrected chi connectivity index (χ0v) is 11.5. The standard InChI is InChI=1S/C10H12ClF2NO5S/c11-8-3-7(1-2-9(8)19-10(12)13)20(17,18)14-6(4-15)5-16/h1-3,6,10,14-16H,4-5H2. The molecule has 10 heteroatoms. The fourth-order valence-corrected chi connectivity index (χ4v) is 2.79. The zero-order chi connectivity index (χ0) is 15.3. The minimum absolute atomic E-state index is 0.308. The van der Waals surface area contributed by atoms with Crippen LogP contribution in [-0.4, -0.2) is 44.5 Å². The lowest BCUT2D eigenvalue weighted by atomic mass is 10.3. The summed E-state index contributed by atoms with van der Waals surface area (Å²) in [6, 6.07) is 1.84. The Balaban J connectivity index is 2.99. The summed E-state index contributed by atoms with van der Waals surface area (Å²) >= 11 is 5.63. The van der Waals surface area contributed by atoms with Crippen molar-refractivity contribution in [3.05, 3.63) is 23.2 Å². The molecule has 0 radical (unpaired) electrons. The Morgan fingerprint density at radius 2 is 1.90 bits per heavy atom. The number of sulfonamides is 1. The molecule has 0 heterocycles. The van der Waals surface area contributed by atoms with Gasteiger partial charge >= 0.3 is 6.61 Å². The van der Waals surface area contributed by atoms with E-state index in [1.54, 1.807) is 0 Å². The van der Waals surface area contributed by atoms with Crippen molar-refractivity contribution in [3.8, 4) is 5.75 Å². The molecule has 1 rings (SSSR count). The van der Waals surface area contributed by atoms with E-state index < -0.39 is 35.9 Å². The average Bonchev–Trinajstić information content (AvgIpc) is 2.37. The summed E-state index contributed by atoms with van der Waals surface area (Å²) in [6.07, 6.45) is 0. The van der Waals surface area contributed by atoms with Gasteiger partial charge in [0.25, 0.3) is 0 Å². The number of halogens is 3. The van der Waals surface area contributed by atoms with Crippen LogP contribution in [0, 0.1) is 0 Å². The largest absolute Gasteiger partial charge is 0.433 e. The molecule has 3 N–H and O–H groups in total. The van der Waals surface area contributed by atoms with E-state index in [4.69, 9.17) is 21.8 Å². The van der Waals surface area contributed by atoms with E-state index in [-0.39, 0.29) is 15.7 Å². The lowest BCUT2D eigenvalue weighted by Gasteiger charge is -2.14. The SMILES string of the molecule is O=S(=O)(NC(CO)CO)c1ccc(OC(F)F)c(Cl)c1. The Bertz CT molecular complexity index is 551. The third-order valence-electron chi connectivity index (χ3n) is 2.19. The molecule has 0 aliphatic carbocycles. The van der Waals surface area contributed by atoms with Crippen molar-refractivity contribution in [2.24, 2.45) is 0 Å². The first-order valence-corrected chi connectivity index (χ1v) is 7.14. The Morgan fingerprint density at radius 1 is 1.30 bits per heavy atom. The van der Waals surface area contributed by atoms with Gasteiger partial charge < -0.3 is 14.9 Å². The first kappa shape index (κ1) is 17.1. The Kier molecular flexibility index (Phi) is 6.08. The minimum atomic E-state index is -4.05. The fourth-order valence-electron chi connectivity index (χ4n) is 1.26. The van der Waals surface area contributed by atoms with E-state index in [9.17, 15) is 17.2 Å². The summed E-state index contributed by atoms with van der Waals surface area (Å²) in [5.41, 5.74) is 0. The molecule has 0 spiro atoms. The van der Waals surface area contributed by atoms with Crippen LogP contribution in [0.3, 0.4) is 0 Å². The minimum Gasteiger partial charge on any atom is -0.433 e. The lowest BCUT2D eigenvalue weighted by molar-refractivity contribution is -0.0498. The molecule has 0 aliphatic rings. The molecule has 0 unspecified atom stereocenters. The number of hydrogen-bond acceptors (Lipinski definition) is 5. The van der Waals surface area contributed by atoms with E-state index >= 15 is 0 Å². The molecule has 0 fully saturated rings. The number of ether oxygens (including phenoxy) is 1. The van der Waals surface area contributed by atoms with Crippen LogP contribution in [0.15, 0.2) is 23.1 Å². The Labute approximate surface area is 119 Å². The lowest BCUT2D eigenvalue weighted by Crippen LogP contribution is -2.39. The molecule has 0 bridgehead atoms. The first-order chi connectivity index (χ1) is 9.30. The Hall–Kier alpha value is -1.00. The second-order valence-electron chi connectivity index (χ2n) is 3.65. The third kappa shape index (κ3) is 4.53. The monoisotopic (exact) mass is 331 g/mol. The van der Waals surface area contributed by atoms with Crippen molar-refractivity contribution in [1.82, 2.24) is 4.72 Å². The third-order valence-corrected chi connectivity index (χ3v) is 4.01. The molecule has 20 heavy (non-hydrogen) atoms. The van der Waals surface area contributed by atoms with Gasteiger partial charge in [-0.25, -0.2) is 13.1 Å². The van der Waals surface area contributed by atoms with Crippen molar-refractivity contribution in [1.29, 1.82) is 0 Å². The van der Waals surface area contributed by atoms with E-state index in [0.29, 0.717) is 0 Å². The molecular weight excluding hydrogens is 320 g/mol. The number of hydrogen-bond donors (Lipinski definition) is 3. The molecule has 114 valence electrons. The zero-order valence-electron chi connectivity index (χ0n) is 9.96. The maximum atomic E-state index is 12.0. The summed E-state index contributed by atoms with van der Waals surface area (Å²) in [6.45, 7) is -4.28. The van der Waals surface area contributed by atoms with Crippen LogP contribution in [0.25, 0.3) is 0 Å². The number of aliphatic hydroxyl groups excluding tert-OH is 2. The second kappa shape index (κ2) is 7.14. The predicted molar refractivity (Wildman–Crippen MR) is 66.4 cm³/mol. The number of alkyl halides is 2. The predicted octanol–water partition coefficient (Wildman–Crippen LogP) is 0.573. The van der Waals surface area contributed by atoms with Crippen molar-refractivity contribution in [3.63, 3.8) is 0 Å². The van der Waals surface area contributed by atoms with Gasteiger partial charge in [0.2, 0.25) is 10.0 Å². The van der Waals surface area contributed by atoms with Gasteiger partial charge in [0.1, 0.15) is 5.75 Å². The summed E-state index contributed by atoms with van der Waals surface area (Å²) in [5, 5.41) is 17.3. The molecule has 0 aliphatic heterocycles.